The molecular formula is C17H14ClN5O3. The van der Waals surface area contributed by atoms with Crippen LogP contribution in [0, 0.1) is 24.0 Å². The summed E-state index contributed by atoms with van der Waals surface area (Å²) in [7, 11) is 0. The lowest BCUT2D eigenvalue weighted by atomic mass is 10.2. The standard InChI is InChI=1S/C17H14ClN5O3/c1-10-6-7-12(18)8-15(10)19-17(24)16-11(2)22(21-20-16)13-4-3-5-14(9-13)23(25)26/h3-9H,1-2H3,(H,19,24). The van der Waals surface area contributed by atoms with Gasteiger partial charge < -0.3 is 5.32 Å². The van der Waals surface area contributed by atoms with Crippen LogP contribution in [0.25, 0.3) is 5.69 Å². The molecule has 0 spiro atoms. The van der Waals surface area contributed by atoms with E-state index in [1.807, 2.05) is 6.92 Å². The summed E-state index contributed by atoms with van der Waals surface area (Å²) in [6, 6.07) is 11.1. The van der Waals surface area contributed by atoms with E-state index in [1.54, 1.807) is 37.3 Å². The van der Waals surface area contributed by atoms with Gasteiger partial charge in [0.05, 0.1) is 16.3 Å². The maximum absolute atomic E-state index is 12.5. The summed E-state index contributed by atoms with van der Waals surface area (Å²) >= 11 is 5.96. The number of amides is 1. The molecule has 0 fully saturated rings. The number of aromatic nitrogens is 3. The van der Waals surface area contributed by atoms with Gasteiger partial charge in [-0.05, 0) is 37.6 Å². The molecule has 1 N–H and O–H groups in total. The summed E-state index contributed by atoms with van der Waals surface area (Å²) in [6.45, 7) is 3.51. The fourth-order valence-corrected chi connectivity index (χ4v) is 2.61. The first-order chi connectivity index (χ1) is 12.4. The minimum absolute atomic E-state index is 0.0713. The predicted molar refractivity (Wildman–Crippen MR) is 96.9 cm³/mol. The van der Waals surface area contributed by atoms with Gasteiger partial charge in [-0.25, -0.2) is 4.68 Å². The van der Waals surface area contributed by atoms with Crippen molar-refractivity contribution in [3.63, 3.8) is 0 Å². The van der Waals surface area contributed by atoms with Gasteiger partial charge in [0.2, 0.25) is 0 Å². The van der Waals surface area contributed by atoms with Crippen LogP contribution in [-0.4, -0.2) is 25.8 Å². The molecule has 0 radical (unpaired) electrons. The summed E-state index contributed by atoms with van der Waals surface area (Å²) in [6.07, 6.45) is 0. The number of non-ortho nitro benzene ring substituents is 1. The lowest BCUT2D eigenvalue weighted by Gasteiger charge is -2.08. The lowest BCUT2D eigenvalue weighted by Crippen LogP contribution is -2.15. The predicted octanol–water partition coefficient (Wildman–Crippen LogP) is 3.70. The minimum Gasteiger partial charge on any atom is -0.320 e. The number of hydrogen-bond acceptors (Lipinski definition) is 5. The Bertz CT molecular complexity index is 1020. The molecule has 132 valence electrons. The smallest absolute Gasteiger partial charge is 0.278 e. The Morgan fingerprint density at radius 2 is 2.00 bits per heavy atom. The van der Waals surface area contributed by atoms with Gasteiger partial charge in [0.25, 0.3) is 11.6 Å². The first-order valence-corrected chi connectivity index (χ1v) is 7.99. The molecule has 26 heavy (non-hydrogen) atoms. The van der Waals surface area contributed by atoms with E-state index in [4.69, 9.17) is 11.6 Å². The van der Waals surface area contributed by atoms with E-state index in [9.17, 15) is 14.9 Å². The van der Waals surface area contributed by atoms with Crippen molar-refractivity contribution in [2.24, 2.45) is 0 Å². The van der Waals surface area contributed by atoms with Crippen molar-refractivity contribution in [2.45, 2.75) is 13.8 Å². The Morgan fingerprint density at radius 1 is 1.23 bits per heavy atom. The molecule has 3 aromatic rings. The van der Waals surface area contributed by atoms with Crippen molar-refractivity contribution < 1.29 is 9.72 Å². The molecule has 0 aliphatic rings. The van der Waals surface area contributed by atoms with Crippen LogP contribution in [0.4, 0.5) is 11.4 Å². The molecular weight excluding hydrogens is 358 g/mol. The number of nitro benzene ring substituents is 1. The molecule has 3 rings (SSSR count). The second-order valence-corrected chi connectivity index (χ2v) is 6.06. The molecule has 0 saturated carbocycles. The quantitative estimate of drug-likeness (QED) is 0.556. The molecule has 0 saturated heterocycles. The van der Waals surface area contributed by atoms with E-state index >= 15 is 0 Å². The van der Waals surface area contributed by atoms with Gasteiger partial charge in [-0.15, -0.1) is 5.10 Å². The van der Waals surface area contributed by atoms with Gasteiger partial charge in [0.1, 0.15) is 0 Å². The molecule has 0 aliphatic carbocycles. The van der Waals surface area contributed by atoms with Crippen LogP contribution < -0.4 is 5.32 Å². The fraction of sp³-hybridized carbons (Fsp3) is 0.118. The largest absolute Gasteiger partial charge is 0.320 e. The number of benzene rings is 2. The first kappa shape index (κ1) is 17.6. The molecule has 9 heteroatoms. The maximum Gasteiger partial charge on any atom is 0.278 e. The third-order valence-corrected chi connectivity index (χ3v) is 4.08. The Balaban J connectivity index is 1.91. The van der Waals surface area contributed by atoms with Crippen LogP contribution in [-0.2, 0) is 0 Å². The topological polar surface area (TPSA) is 103 Å². The number of nitrogens with one attached hydrogen (secondary N) is 1. The number of rotatable bonds is 4. The number of nitrogens with zero attached hydrogens (tertiary/aromatic N) is 4. The zero-order valence-corrected chi connectivity index (χ0v) is 14.7. The third kappa shape index (κ3) is 3.40. The van der Waals surface area contributed by atoms with Crippen molar-refractivity contribution >= 4 is 28.9 Å². The number of halogens is 1. The Morgan fingerprint density at radius 3 is 2.73 bits per heavy atom. The van der Waals surface area contributed by atoms with Crippen molar-refractivity contribution in [1.29, 1.82) is 0 Å². The number of carbonyl (C=O) groups excluding carboxylic acids is 1. The van der Waals surface area contributed by atoms with Crippen LogP contribution in [0.2, 0.25) is 5.02 Å². The van der Waals surface area contributed by atoms with Gasteiger partial charge in [-0.1, -0.05) is 28.9 Å². The second-order valence-electron chi connectivity index (χ2n) is 5.63. The van der Waals surface area contributed by atoms with Crippen molar-refractivity contribution in [1.82, 2.24) is 15.0 Å². The van der Waals surface area contributed by atoms with Gasteiger partial charge in [0, 0.05) is 22.8 Å². The highest BCUT2D eigenvalue weighted by Gasteiger charge is 2.19. The molecule has 1 aromatic heterocycles. The lowest BCUT2D eigenvalue weighted by molar-refractivity contribution is -0.384. The van der Waals surface area contributed by atoms with E-state index in [0.29, 0.717) is 22.1 Å². The average Bonchev–Trinajstić information content (AvgIpc) is 3.00. The SMILES string of the molecule is Cc1ccc(Cl)cc1NC(=O)c1nnn(-c2cccc([N+](=O)[O-])c2)c1C. The summed E-state index contributed by atoms with van der Waals surface area (Å²) in [5.41, 5.74) is 2.39. The summed E-state index contributed by atoms with van der Waals surface area (Å²) in [5, 5.41) is 22.0. The highest BCUT2D eigenvalue weighted by Crippen LogP contribution is 2.22. The maximum atomic E-state index is 12.5. The molecule has 0 atom stereocenters. The molecule has 8 nitrogen and oxygen atoms in total. The molecule has 2 aromatic carbocycles. The van der Waals surface area contributed by atoms with E-state index in [1.165, 1.54) is 16.8 Å². The normalized spacial score (nSPS) is 10.6. The van der Waals surface area contributed by atoms with Crippen LogP contribution in [0.5, 0.6) is 0 Å². The van der Waals surface area contributed by atoms with Crippen molar-refractivity contribution in [3.8, 4) is 5.69 Å². The van der Waals surface area contributed by atoms with E-state index in [0.717, 1.165) is 5.56 Å². The van der Waals surface area contributed by atoms with Gasteiger partial charge >= 0.3 is 0 Å². The third-order valence-electron chi connectivity index (χ3n) is 3.84. The molecule has 1 heterocycles. The first-order valence-electron chi connectivity index (χ1n) is 7.61. The van der Waals surface area contributed by atoms with Crippen molar-refractivity contribution in [3.05, 3.63) is 74.6 Å². The van der Waals surface area contributed by atoms with Crippen molar-refractivity contribution in [2.75, 3.05) is 5.32 Å². The highest BCUT2D eigenvalue weighted by atomic mass is 35.5. The highest BCUT2D eigenvalue weighted by molar-refractivity contribution is 6.31. The fourth-order valence-electron chi connectivity index (χ4n) is 2.43. The second kappa shape index (κ2) is 6.93. The Hall–Kier alpha value is -3.26. The van der Waals surface area contributed by atoms with Crippen LogP contribution in [0.15, 0.2) is 42.5 Å². The van der Waals surface area contributed by atoms with Crippen LogP contribution in [0.1, 0.15) is 21.7 Å². The summed E-state index contributed by atoms with van der Waals surface area (Å²) < 4.78 is 1.38. The van der Waals surface area contributed by atoms with E-state index < -0.39 is 10.8 Å². The van der Waals surface area contributed by atoms with E-state index in [-0.39, 0.29) is 11.4 Å². The summed E-state index contributed by atoms with van der Waals surface area (Å²) in [4.78, 5) is 23.0. The monoisotopic (exact) mass is 371 g/mol. The molecule has 0 bridgehead atoms. The zero-order valence-electron chi connectivity index (χ0n) is 13.9. The van der Waals surface area contributed by atoms with Crippen LogP contribution >= 0.6 is 11.6 Å². The number of aryl methyl sites for hydroxylation is 1. The van der Waals surface area contributed by atoms with Crippen LogP contribution in [0.3, 0.4) is 0 Å². The minimum atomic E-state index is -0.495. The van der Waals surface area contributed by atoms with E-state index in [2.05, 4.69) is 15.6 Å². The van der Waals surface area contributed by atoms with Gasteiger partial charge in [-0.2, -0.15) is 0 Å². The number of nitro groups is 1. The Kier molecular flexibility index (Phi) is 4.68. The molecule has 0 unspecified atom stereocenters. The number of carbonyl (C=O) groups is 1. The average molecular weight is 372 g/mol. The van der Waals surface area contributed by atoms with Gasteiger partial charge in [-0.3, -0.25) is 14.9 Å². The Labute approximate surface area is 153 Å². The number of anilines is 1. The summed E-state index contributed by atoms with van der Waals surface area (Å²) in [5.74, 6) is -0.440. The number of hydrogen-bond donors (Lipinski definition) is 1. The molecule has 0 aliphatic heterocycles. The zero-order chi connectivity index (χ0) is 18.8. The van der Waals surface area contributed by atoms with Gasteiger partial charge in [0.15, 0.2) is 5.69 Å². The molecule has 1 amide bonds.